The van der Waals surface area contributed by atoms with E-state index in [1.54, 1.807) is 18.4 Å². The summed E-state index contributed by atoms with van der Waals surface area (Å²) < 4.78 is 18.4. The molecule has 0 atom stereocenters. The predicted molar refractivity (Wildman–Crippen MR) is 87.8 cm³/mol. The van der Waals surface area contributed by atoms with Crippen LogP contribution in [0.15, 0.2) is 47.1 Å². The molecule has 0 amide bonds. The molecule has 0 saturated heterocycles. The smallest absolute Gasteiger partial charge is 0.226 e. The minimum Gasteiger partial charge on any atom is -0.444 e. The molecular formula is C18H15FN4O. The summed E-state index contributed by atoms with van der Waals surface area (Å²) in [4.78, 5) is 8.62. The zero-order valence-electron chi connectivity index (χ0n) is 13.1. The lowest BCUT2D eigenvalue weighted by Gasteiger charge is -2.05. The van der Waals surface area contributed by atoms with Gasteiger partial charge in [0.25, 0.3) is 0 Å². The molecule has 120 valence electrons. The molecular weight excluding hydrogens is 307 g/mol. The maximum absolute atomic E-state index is 12.9. The molecule has 3 aromatic rings. The van der Waals surface area contributed by atoms with Crippen molar-refractivity contribution in [3.05, 3.63) is 65.4 Å². The molecule has 2 heterocycles. The van der Waals surface area contributed by atoms with Crippen molar-refractivity contribution < 1.29 is 8.81 Å². The molecule has 3 rings (SSSR count). The Morgan fingerprint density at radius 3 is 2.71 bits per heavy atom. The fraction of sp³-hybridized carbons (Fsp3) is 0.167. The van der Waals surface area contributed by atoms with Gasteiger partial charge in [0.15, 0.2) is 0 Å². The van der Waals surface area contributed by atoms with Gasteiger partial charge in [0.1, 0.15) is 29.7 Å². The Bertz CT molecular complexity index is 881. The van der Waals surface area contributed by atoms with Gasteiger partial charge < -0.3 is 9.73 Å². The highest BCUT2D eigenvalue weighted by Gasteiger charge is 2.07. The van der Waals surface area contributed by atoms with E-state index in [0.717, 1.165) is 16.8 Å². The molecule has 24 heavy (non-hydrogen) atoms. The van der Waals surface area contributed by atoms with E-state index < -0.39 is 0 Å². The Kier molecular flexibility index (Phi) is 4.52. The van der Waals surface area contributed by atoms with Gasteiger partial charge in [-0.2, -0.15) is 5.26 Å². The maximum Gasteiger partial charge on any atom is 0.226 e. The fourth-order valence-electron chi connectivity index (χ4n) is 2.21. The van der Waals surface area contributed by atoms with Crippen LogP contribution in [-0.2, 0) is 6.42 Å². The molecule has 0 aliphatic heterocycles. The first kappa shape index (κ1) is 15.7. The summed E-state index contributed by atoms with van der Waals surface area (Å²) in [6.07, 6.45) is 2.23. The molecule has 0 aliphatic carbocycles. The summed E-state index contributed by atoms with van der Waals surface area (Å²) in [6.45, 7) is 2.46. The summed E-state index contributed by atoms with van der Waals surface area (Å²) in [7, 11) is 0. The highest BCUT2D eigenvalue weighted by molar-refractivity contribution is 5.52. The van der Waals surface area contributed by atoms with Crippen LogP contribution in [0.4, 0.5) is 10.2 Å². The Balaban J connectivity index is 1.60. The molecule has 0 aliphatic rings. The summed E-state index contributed by atoms with van der Waals surface area (Å²) in [6, 6.07) is 11.8. The van der Waals surface area contributed by atoms with E-state index in [1.807, 2.05) is 19.1 Å². The third kappa shape index (κ3) is 3.58. The molecule has 6 heteroatoms. The predicted octanol–water partition coefficient (Wildman–Crippen LogP) is 3.71. The number of nitrogens with zero attached hydrogens (tertiary/aromatic N) is 3. The van der Waals surface area contributed by atoms with Crippen molar-refractivity contribution in [1.29, 1.82) is 5.26 Å². The number of nitriles is 1. The molecule has 2 aromatic heterocycles. The van der Waals surface area contributed by atoms with Crippen LogP contribution in [0.1, 0.15) is 17.0 Å². The minimum atomic E-state index is -0.294. The standard InChI is InChI=1S/C18H15FN4O/c1-12-2-7-17(23-16(12)10-20)21-9-8-15-11-24-18(22-15)13-3-5-14(19)6-4-13/h2-7,11H,8-9H2,1H3,(H,21,23). The third-order valence-corrected chi connectivity index (χ3v) is 3.53. The number of hydrogen-bond acceptors (Lipinski definition) is 5. The molecule has 0 saturated carbocycles. The number of oxazole rings is 1. The number of halogens is 1. The first-order valence-electron chi connectivity index (χ1n) is 7.47. The zero-order valence-corrected chi connectivity index (χ0v) is 13.1. The molecule has 0 fully saturated rings. The first-order valence-corrected chi connectivity index (χ1v) is 7.47. The molecule has 0 bridgehead atoms. The second-order valence-electron chi connectivity index (χ2n) is 5.30. The van der Waals surface area contributed by atoms with Gasteiger partial charge in [-0.1, -0.05) is 6.07 Å². The van der Waals surface area contributed by atoms with Crippen LogP contribution < -0.4 is 5.32 Å². The highest BCUT2D eigenvalue weighted by Crippen LogP contribution is 2.19. The SMILES string of the molecule is Cc1ccc(NCCc2coc(-c3ccc(F)cc3)n2)nc1C#N. The van der Waals surface area contributed by atoms with Gasteiger partial charge in [-0.05, 0) is 42.8 Å². The maximum atomic E-state index is 12.9. The minimum absolute atomic E-state index is 0.294. The van der Waals surface area contributed by atoms with Gasteiger partial charge in [-0.3, -0.25) is 0 Å². The van der Waals surface area contributed by atoms with Gasteiger partial charge in [0, 0.05) is 18.5 Å². The average Bonchev–Trinajstić information content (AvgIpc) is 3.06. The van der Waals surface area contributed by atoms with Gasteiger partial charge in [-0.15, -0.1) is 0 Å². The van der Waals surface area contributed by atoms with Crippen molar-refractivity contribution in [2.24, 2.45) is 0 Å². The van der Waals surface area contributed by atoms with E-state index in [2.05, 4.69) is 21.4 Å². The van der Waals surface area contributed by atoms with E-state index in [9.17, 15) is 4.39 Å². The number of rotatable bonds is 5. The molecule has 0 radical (unpaired) electrons. The van der Waals surface area contributed by atoms with Crippen molar-refractivity contribution in [2.75, 3.05) is 11.9 Å². The monoisotopic (exact) mass is 322 g/mol. The van der Waals surface area contributed by atoms with E-state index in [1.165, 1.54) is 12.1 Å². The van der Waals surface area contributed by atoms with Crippen LogP contribution in [0.5, 0.6) is 0 Å². The van der Waals surface area contributed by atoms with Crippen molar-refractivity contribution in [3.63, 3.8) is 0 Å². The van der Waals surface area contributed by atoms with E-state index >= 15 is 0 Å². The number of anilines is 1. The van der Waals surface area contributed by atoms with Gasteiger partial charge in [-0.25, -0.2) is 14.4 Å². The van der Waals surface area contributed by atoms with Crippen molar-refractivity contribution in [2.45, 2.75) is 13.3 Å². The van der Waals surface area contributed by atoms with E-state index in [4.69, 9.17) is 9.68 Å². The van der Waals surface area contributed by atoms with Crippen LogP contribution in [0.25, 0.3) is 11.5 Å². The van der Waals surface area contributed by atoms with E-state index in [-0.39, 0.29) is 5.82 Å². The van der Waals surface area contributed by atoms with Gasteiger partial charge in [0.2, 0.25) is 5.89 Å². The average molecular weight is 322 g/mol. The number of aryl methyl sites for hydroxylation is 1. The second-order valence-corrected chi connectivity index (χ2v) is 5.30. The van der Waals surface area contributed by atoms with E-state index in [0.29, 0.717) is 30.4 Å². The quantitative estimate of drug-likeness (QED) is 0.775. The van der Waals surface area contributed by atoms with Crippen LogP contribution in [0.3, 0.4) is 0 Å². The fourth-order valence-corrected chi connectivity index (χ4v) is 2.21. The van der Waals surface area contributed by atoms with Crippen molar-refractivity contribution in [3.8, 4) is 17.5 Å². The summed E-state index contributed by atoms with van der Waals surface area (Å²) in [5.74, 6) is 0.821. The number of aromatic nitrogens is 2. The van der Waals surface area contributed by atoms with Crippen molar-refractivity contribution in [1.82, 2.24) is 9.97 Å². The first-order chi connectivity index (χ1) is 11.7. The Labute approximate surface area is 138 Å². The molecule has 0 unspecified atom stereocenters. The summed E-state index contributed by atoms with van der Waals surface area (Å²) in [5.41, 5.74) is 2.78. The largest absolute Gasteiger partial charge is 0.444 e. The molecule has 0 spiro atoms. The summed E-state index contributed by atoms with van der Waals surface area (Å²) in [5, 5.41) is 12.1. The normalized spacial score (nSPS) is 10.4. The van der Waals surface area contributed by atoms with Gasteiger partial charge >= 0.3 is 0 Å². The zero-order chi connectivity index (χ0) is 16.9. The number of hydrogen-bond donors (Lipinski definition) is 1. The number of nitrogens with one attached hydrogen (secondary N) is 1. The number of pyridine rings is 1. The lowest BCUT2D eigenvalue weighted by molar-refractivity contribution is 0.572. The van der Waals surface area contributed by atoms with Gasteiger partial charge in [0.05, 0.1) is 5.69 Å². The Morgan fingerprint density at radius 1 is 1.17 bits per heavy atom. The second kappa shape index (κ2) is 6.92. The Hall–Kier alpha value is -3.20. The lowest BCUT2D eigenvalue weighted by Crippen LogP contribution is -2.07. The molecule has 5 nitrogen and oxygen atoms in total. The Morgan fingerprint density at radius 2 is 1.96 bits per heavy atom. The lowest BCUT2D eigenvalue weighted by atomic mass is 10.2. The highest BCUT2D eigenvalue weighted by atomic mass is 19.1. The van der Waals surface area contributed by atoms with Crippen LogP contribution in [0, 0.1) is 24.1 Å². The van der Waals surface area contributed by atoms with Crippen molar-refractivity contribution >= 4 is 5.82 Å². The topological polar surface area (TPSA) is 74.7 Å². The molecule has 1 aromatic carbocycles. The number of benzene rings is 1. The summed E-state index contributed by atoms with van der Waals surface area (Å²) >= 11 is 0. The third-order valence-electron chi connectivity index (χ3n) is 3.53. The van der Waals surface area contributed by atoms with Crippen LogP contribution in [-0.4, -0.2) is 16.5 Å². The molecule has 1 N–H and O–H groups in total. The van der Waals surface area contributed by atoms with Crippen LogP contribution in [0.2, 0.25) is 0 Å². The van der Waals surface area contributed by atoms with Crippen LogP contribution >= 0.6 is 0 Å².